The molecule has 0 spiro atoms. The standard InChI is InChI=1S/C17H14N8OS2/c1-8-3-28-17-24-12(11(16(26)25(8)17)10-4-27-7-22-10)9(2)23-15-13-14(19-5-18-13)20-6-21-15/h3-7,9H,1-2H3,(H2,18,19,20,21,23). The zero-order valence-corrected chi connectivity index (χ0v) is 16.5. The molecule has 5 aromatic heterocycles. The van der Waals surface area contributed by atoms with Gasteiger partial charge in [0.25, 0.3) is 5.56 Å². The van der Waals surface area contributed by atoms with Crippen molar-refractivity contribution in [2.45, 2.75) is 19.9 Å². The molecule has 1 atom stereocenters. The molecule has 0 saturated heterocycles. The van der Waals surface area contributed by atoms with Crippen LogP contribution in [-0.2, 0) is 0 Å². The Morgan fingerprint density at radius 2 is 2.11 bits per heavy atom. The number of fused-ring (bicyclic) bond motifs is 2. The van der Waals surface area contributed by atoms with Crippen LogP contribution in [0.2, 0.25) is 0 Å². The normalized spacial score (nSPS) is 12.6. The van der Waals surface area contributed by atoms with Gasteiger partial charge in [0.05, 0.1) is 34.8 Å². The van der Waals surface area contributed by atoms with Gasteiger partial charge >= 0.3 is 0 Å². The summed E-state index contributed by atoms with van der Waals surface area (Å²) in [7, 11) is 0. The summed E-state index contributed by atoms with van der Waals surface area (Å²) in [6.07, 6.45) is 3.02. The molecule has 0 amide bonds. The number of H-pyrrole nitrogens is 1. The molecule has 5 heterocycles. The highest BCUT2D eigenvalue weighted by Gasteiger charge is 2.23. The van der Waals surface area contributed by atoms with Crippen LogP contribution in [0.25, 0.3) is 27.4 Å². The summed E-state index contributed by atoms with van der Waals surface area (Å²) in [5.74, 6) is 0.601. The molecule has 0 aromatic carbocycles. The van der Waals surface area contributed by atoms with Gasteiger partial charge in [0.15, 0.2) is 16.4 Å². The van der Waals surface area contributed by atoms with Crippen LogP contribution in [-0.4, -0.2) is 34.3 Å². The van der Waals surface area contributed by atoms with Crippen molar-refractivity contribution < 1.29 is 0 Å². The van der Waals surface area contributed by atoms with Crippen molar-refractivity contribution in [1.82, 2.24) is 34.3 Å². The maximum absolute atomic E-state index is 13.3. The van der Waals surface area contributed by atoms with Crippen LogP contribution in [0.5, 0.6) is 0 Å². The van der Waals surface area contributed by atoms with Gasteiger partial charge in [-0.25, -0.2) is 24.9 Å². The fraction of sp³-hybridized carbons (Fsp3) is 0.176. The summed E-state index contributed by atoms with van der Waals surface area (Å²) in [4.78, 5) is 38.7. The van der Waals surface area contributed by atoms with Crippen LogP contribution in [0.4, 0.5) is 5.82 Å². The Morgan fingerprint density at radius 3 is 2.93 bits per heavy atom. The molecular weight excluding hydrogens is 396 g/mol. The molecule has 28 heavy (non-hydrogen) atoms. The summed E-state index contributed by atoms with van der Waals surface area (Å²) < 4.78 is 1.63. The minimum atomic E-state index is -0.293. The van der Waals surface area contributed by atoms with Crippen molar-refractivity contribution in [1.29, 1.82) is 0 Å². The summed E-state index contributed by atoms with van der Waals surface area (Å²) in [6.45, 7) is 3.84. The minimum absolute atomic E-state index is 0.118. The van der Waals surface area contributed by atoms with Crippen LogP contribution in [0.1, 0.15) is 24.4 Å². The molecule has 0 aliphatic carbocycles. The van der Waals surface area contributed by atoms with Crippen molar-refractivity contribution in [3.05, 3.63) is 50.7 Å². The smallest absolute Gasteiger partial charge is 0.268 e. The number of aryl methyl sites for hydroxylation is 1. The van der Waals surface area contributed by atoms with Gasteiger partial charge in [0, 0.05) is 16.5 Å². The first-order valence-corrected chi connectivity index (χ1v) is 10.3. The number of hydrogen-bond donors (Lipinski definition) is 2. The molecule has 0 bridgehead atoms. The van der Waals surface area contributed by atoms with E-state index >= 15 is 0 Å². The fourth-order valence-electron chi connectivity index (χ4n) is 3.14. The highest BCUT2D eigenvalue weighted by molar-refractivity contribution is 7.15. The van der Waals surface area contributed by atoms with Crippen LogP contribution >= 0.6 is 22.7 Å². The molecule has 0 radical (unpaired) electrons. The lowest BCUT2D eigenvalue weighted by molar-refractivity contribution is 0.825. The van der Waals surface area contributed by atoms with Gasteiger partial charge in [0.2, 0.25) is 0 Å². The number of hydrogen-bond acceptors (Lipinski definition) is 9. The molecule has 0 aliphatic rings. The molecule has 11 heteroatoms. The molecule has 0 fully saturated rings. The largest absolute Gasteiger partial charge is 0.360 e. The number of nitrogens with zero attached hydrogens (tertiary/aromatic N) is 6. The highest BCUT2D eigenvalue weighted by atomic mass is 32.1. The van der Waals surface area contributed by atoms with E-state index in [1.54, 1.807) is 16.2 Å². The second kappa shape index (κ2) is 6.46. The Labute approximate surface area is 166 Å². The molecule has 5 rings (SSSR count). The van der Waals surface area contributed by atoms with E-state index < -0.39 is 0 Å². The van der Waals surface area contributed by atoms with Crippen molar-refractivity contribution in [3.63, 3.8) is 0 Å². The van der Waals surface area contributed by atoms with Gasteiger partial charge in [-0.3, -0.25) is 9.20 Å². The van der Waals surface area contributed by atoms with Gasteiger partial charge in [-0.1, -0.05) is 0 Å². The van der Waals surface area contributed by atoms with Crippen molar-refractivity contribution in [2.75, 3.05) is 5.32 Å². The lowest BCUT2D eigenvalue weighted by atomic mass is 10.1. The van der Waals surface area contributed by atoms with E-state index in [-0.39, 0.29) is 11.6 Å². The number of imidazole rings is 1. The number of anilines is 1. The Balaban J connectivity index is 1.68. The quantitative estimate of drug-likeness (QED) is 0.468. The van der Waals surface area contributed by atoms with Gasteiger partial charge in [0.1, 0.15) is 11.8 Å². The molecule has 2 N–H and O–H groups in total. The van der Waals surface area contributed by atoms with Crippen LogP contribution < -0.4 is 10.9 Å². The number of rotatable bonds is 4. The average Bonchev–Trinajstić information content (AvgIpc) is 3.42. The summed E-state index contributed by atoms with van der Waals surface area (Å²) >= 11 is 2.88. The lowest BCUT2D eigenvalue weighted by Gasteiger charge is -2.17. The minimum Gasteiger partial charge on any atom is -0.360 e. The number of aromatic nitrogens is 7. The van der Waals surface area contributed by atoms with Crippen molar-refractivity contribution >= 4 is 44.6 Å². The second-order valence-corrected chi connectivity index (χ2v) is 7.79. The summed E-state index contributed by atoms with van der Waals surface area (Å²) in [5.41, 5.74) is 5.48. The first-order valence-electron chi connectivity index (χ1n) is 8.43. The zero-order chi connectivity index (χ0) is 19.3. The Kier molecular flexibility index (Phi) is 3.91. The third-order valence-electron chi connectivity index (χ3n) is 4.44. The predicted octanol–water partition coefficient (Wildman–Crippen LogP) is 3.03. The number of thiazole rings is 2. The fourth-order valence-corrected chi connectivity index (χ4v) is 4.54. The maximum atomic E-state index is 13.3. The van der Waals surface area contributed by atoms with Crippen molar-refractivity contribution in [2.24, 2.45) is 0 Å². The lowest BCUT2D eigenvalue weighted by Crippen LogP contribution is -2.23. The van der Waals surface area contributed by atoms with E-state index in [2.05, 4.69) is 30.2 Å². The molecule has 5 aromatic rings. The maximum Gasteiger partial charge on any atom is 0.268 e. The van der Waals surface area contributed by atoms with E-state index in [9.17, 15) is 4.79 Å². The van der Waals surface area contributed by atoms with E-state index in [1.807, 2.05) is 24.6 Å². The number of nitrogens with one attached hydrogen (secondary N) is 2. The first kappa shape index (κ1) is 17.0. The molecular formula is C17H14N8OS2. The van der Waals surface area contributed by atoms with Crippen LogP contribution in [0, 0.1) is 6.92 Å². The van der Waals surface area contributed by atoms with Crippen molar-refractivity contribution in [3.8, 4) is 11.3 Å². The highest BCUT2D eigenvalue weighted by Crippen LogP contribution is 2.28. The molecule has 140 valence electrons. The average molecular weight is 410 g/mol. The van der Waals surface area contributed by atoms with E-state index in [0.29, 0.717) is 38.9 Å². The van der Waals surface area contributed by atoms with Gasteiger partial charge in [-0.2, -0.15) is 0 Å². The molecule has 0 saturated carbocycles. The van der Waals surface area contributed by atoms with Gasteiger partial charge < -0.3 is 10.3 Å². The third kappa shape index (κ3) is 2.59. The topological polar surface area (TPSA) is 114 Å². The summed E-state index contributed by atoms with van der Waals surface area (Å²) in [6, 6.07) is -0.293. The number of aromatic amines is 1. The predicted molar refractivity (Wildman–Crippen MR) is 109 cm³/mol. The summed E-state index contributed by atoms with van der Waals surface area (Å²) in [5, 5.41) is 7.12. The van der Waals surface area contributed by atoms with E-state index in [1.165, 1.54) is 29.0 Å². The third-order valence-corrected chi connectivity index (χ3v) is 5.97. The Bertz CT molecular complexity index is 1350. The zero-order valence-electron chi connectivity index (χ0n) is 14.9. The molecule has 9 nitrogen and oxygen atoms in total. The monoisotopic (exact) mass is 410 g/mol. The van der Waals surface area contributed by atoms with Gasteiger partial charge in [-0.05, 0) is 13.8 Å². The Morgan fingerprint density at radius 1 is 1.21 bits per heavy atom. The van der Waals surface area contributed by atoms with E-state index in [4.69, 9.17) is 4.98 Å². The molecule has 1 unspecified atom stereocenters. The van der Waals surface area contributed by atoms with Crippen LogP contribution in [0.15, 0.2) is 33.7 Å². The van der Waals surface area contributed by atoms with Crippen LogP contribution in [0.3, 0.4) is 0 Å². The SMILES string of the molecule is Cc1csc2nc(C(C)Nc3ncnc4nc[nH]c34)c(-c3cscn3)c(=O)n12. The van der Waals surface area contributed by atoms with E-state index in [0.717, 1.165) is 5.69 Å². The molecule has 0 aliphatic heterocycles. The Hall–Kier alpha value is -3.18. The first-order chi connectivity index (χ1) is 13.6. The van der Waals surface area contributed by atoms with Gasteiger partial charge in [-0.15, -0.1) is 22.7 Å². The second-order valence-electron chi connectivity index (χ2n) is 6.24.